The number of urea groups is 1. The van der Waals surface area contributed by atoms with Crippen LogP contribution >= 0.6 is 0 Å². The molecule has 0 aliphatic carbocycles. The van der Waals surface area contributed by atoms with Gasteiger partial charge < -0.3 is 25.0 Å². The number of hydrogen-bond acceptors (Lipinski definition) is 5. The number of carbonyl (C=O) groups excluding carboxylic acids is 1. The first-order valence-corrected chi connectivity index (χ1v) is 12.6. The number of rotatable bonds is 11. The molecular formula is C30H33FN4O3. The number of ether oxygens (including phenoxy) is 2. The Kier molecular flexibility index (Phi) is 8.98. The van der Waals surface area contributed by atoms with Crippen molar-refractivity contribution in [1.82, 2.24) is 9.88 Å². The summed E-state index contributed by atoms with van der Waals surface area (Å²) in [7, 11) is 3.25. The summed E-state index contributed by atoms with van der Waals surface area (Å²) in [5, 5.41) is 7.25. The lowest BCUT2D eigenvalue weighted by molar-refractivity contribution is 0.206. The summed E-state index contributed by atoms with van der Waals surface area (Å²) in [5.41, 5.74) is 2.80. The molecule has 38 heavy (non-hydrogen) atoms. The van der Waals surface area contributed by atoms with E-state index in [9.17, 15) is 9.18 Å². The van der Waals surface area contributed by atoms with Crippen LogP contribution in [0, 0.1) is 5.82 Å². The zero-order valence-electron chi connectivity index (χ0n) is 21.9. The molecule has 1 atom stereocenters. The average molecular weight is 517 g/mol. The maximum absolute atomic E-state index is 14.2. The average Bonchev–Trinajstić information content (AvgIpc) is 2.93. The molecule has 1 unspecified atom stereocenters. The van der Waals surface area contributed by atoms with Gasteiger partial charge >= 0.3 is 6.03 Å². The highest BCUT2D eigenvalue weighted by molar-refractivity contribution is 5.92. The van der Waals surface area contributed by atoms with Crippen molar-refractivity contribution in [2.75, 3.05) is 31.4 Å². The van der Waals surface area contributed by atoms with Gasteiger partial charge in [0.25, 0.3) is 0 Å². The predicted octanol–water partition coefficient (Wildman–Crippen LogP) is 6.71. The fourth-order valence-electron chi connectivity index (χ4n) is 4.37. The van der Waals surface area contributed by atoms with Crippen molar-refractivity contribution < 1.29 is 18.7 Å². The number of nitrogens with zero attached hydrogens (tertiary/aromatic N) is 2. The maximum Gasteiger partial charge on any atom is 0.322 e. The van der Waals surface area contributed by atoms with Crippen LogP contribution in [0.15, 0.2) is 79.0 Å². The van der Waals surface area contributed by atoms with Crippen LogP contribution in [0.2, 0.25) is 0 Å². The van der Waals surface area contributed by atoms with Gasteiger partial charge in [-0.2, -0.15) is 0 Å². The number of para-hydroxylation sites is 2. The fraction of sp³-hybridized carbons (Fsp3) is 0.267. The largest absolute Gasteiger partial charge is 0.497 e. The van der Waals surface area contributed by atoms with Gasteiger partial charge in [-0.3, -0.25) is 4.98 Å². The van der Waals surface area contributed by atoms with E-state index in [0.717, 1.165) is 40.7 Å². The fourth-order valence-corrected chi connectivity index (χ4v) is 4.37. The number of carbonyl (C=O) groups is 1. The van der Waals surface area contributed by atoms with E-state index in [-0.39, 0.29) is 17.8 Å². The van der Waals surface area contributed by atoms with Crippen molar-refractivity contribution in [3.05, 3.63) is 90.4 Å². The molecule has 0 spiro atoms. The number of hydrogen-bond donors (Lipinski definition) is 2. The van der Waals surface area contributed by atoms with Gasteiger partial charge in [0, 0.05) is 35.8 Å². The van der Waals surface area contributed by atoms with Gasteiger partial charge in [0.05, 0.1) is 37.7 Å². The van der Waals surface area contributed by atoms with Gasteiger partial charge in [0.1, 0.15) is 17.3 Å². The molecule has 0 radical (unpaired) electrons. The minimum Gasteiger partial charge on any atom is -0.497 e. The third kappa shape index (κ3) is 6.70. The van der Waals surface area contributed by atoms with Crippen molar-refractivity contribution in [2.24, 2.45) is 0 Å². The van der Waals surface area contributed by atoms with Crippen molar-refractivity contribution >= 4 is 28.3 Å². The van der Waals surface area contributed by atoms with Crippen LogP contribution in [-0.2, 0) is 6.54 Å². The van der Waals surface area contributed by atoms with Crippen LogP contribution in [0.3, 0.4) is 0 Å². The molecule has 1 heterocycles. The van der Waals surface area contributed by atoms with Crippen LogP contribution in [0.4, 0.5) is 20.6 Å². The lowest BCUT2D eigenvalue weighted by Crippen LogP contribution is -2.36. The number of fused-ring (bicyclic) bond motifs is 1. The molecule has 0 bridgehead atoms. The molecule has 0 fully saturated rings. The van der Waals surface area contributed by atoms with E-state index in [1.165, 1.54) is 6.07 Å². The van der Waals surface area contributed by atoms with E-state index in [1.54, 1.807) is 43.5 Å². The summed E-state index contributed by atoms with van der Waals surface area (Å²) in [5.74, 6) is 0.978. The standard InChI is InChI=1S/C30H33FN4O3/c1-21(33-27-19-24(37-2)18-22-12-8-16-32-29(22)27)10-9-17-35(20-23-11-4-7-15-28(23)38-3)30(36)34-26-14-6-5-13-25(26)31/h4-8,11-16,18-19,21,33H,9-10,17,20H2,1-3H3,(H,34,36). The highest BCUT2D eigenvalue weighted by Crippen LogP contribution is 2.29. The third-order valence-corrected chi connectivity index (χ3v) is 6.34. The van der Waals surface area contributed by atoms with Crippen molar-refractivity contribution in [2.45, 2.75) is 32.4 Å². The third-order valence-electron chi connectivity index (χ3n) is 6.34. The number of halogens is 1. The second kappa shape index (κ2) is 12.8. The topological polar surface area (TPSA) is 75.7 Å². The number of pyridine rings is 1. The Morgan fingerprint density at radius 1 is 1.00 bits per heavy atom. The highest BCUT2D eigenvalue weighted by Gasteiger charge is 2.18. The van der Waals surface area contributed by atoms with Crippen LogP contribution < -0.4 is 20.1 Å². The minimum atomic E-state index is -0.477. The predicted molar refractivity (Wildman–Crippen MR) is 149 cm³/mol. The Balaban J connectivity index is 1.44. The first-order chi connectivity index (χ1) is 18.5. The van der Waals surface area contributed by atoms with Crippen molar-refractivity contribution in [3.63, 3.8) is 0 Å². The zero-order chi connectivity index (χ0) is 26.9. The summed E-state index contributed by atoms with van der Waals surface area (Å²) < 4.78 is 25.2. The van der Waals surface area contributed by atoms with Crippen molar-refractivity contribution in [3.8, 4) is 11.5 Å². The number of aromatic nitrogens is 1. The second-order valence-electron chi connectivity index (χ2n) is 9.08. The van der Waals surface area contributed by atoms with Gasteiger partial charge in [-0.25, -0.2) is 9.18 Å². The molecule has 0 saturated heterocycles. The summed E-state index contributed by atoms with van der Waals surface area (Å²) in [4.78, 5) is 19.4. The van der Waals surface area contributed by atoms with Gasteiger partial charge in [-0.1, -0.05) is 36.4 Å². The Hall–Kier alpha value is -4.33. The second-order valence-corrected chi connectivity index (χ2v) is 9.08. The first kappa shape index (κ1) is 26.7. The van der Waals surface area contributed by atoms with Gasteiger partial charge in [-0.15, -0.1) is 0 Å². The van der Waals surface area contributed by atoms with E-state index in [2.05, 4.69) is 22.5 Å². The van der Waals surface area contributed by atoms with E-state index < -0.39 is 5.82 Å². The Morgan fingerprint density at radius 2 is 1.79 bits per heavy atom. The van der Waals surface area contributed by atoms with E-state index in [4.69, 9.17) is 9.47 Å². The lowest BCUT2D eigenvalue weighted by Gasteiger charge is -2.25. The van der Waals surface area contributed by atoms with E-state index in [0.29, 0.717) is 18.8 Å². The number of nitrogens with one attached hydrogen (secondary N) is 2. The van der Waals surface area contributed by atoms with Gasteiger partial charge in [0.2, 0.25) is 0 Å². The molecule has 2 amide bonds. The van der Waals surface area contributed by atoms with Crippen LogP contribution in [0.5, 0.6) is 11.5 Å². The monoisotopic (exact) mass is 516 g/mol. The molecule has 0 aliphatic rings. The molecule has 2 N–H and O–H groups in total. The van der Waals surface area contributed by atoms with Gasteiger partial charge in [0.15, 0.2) is 0 Å². The number of methoxy groups -OCH3 is 2. The quantitative estimate of drug-likeness (QED) is 0.232. The first-order valence-electron chi connectivity index (χ1n) is 12.6. The van der Waals surface area contributed by atoms with Crippen molar-refractivity contribution in [1.29, 1.82) is 0 Å². The summed E-state index contributed by atoms with van der Waals surface area (Å²) >= 11 is 0. The summed E-state index contributed by atoms with van der Waals surface area (Å²) in [6.45, 7) is 2.90. The lowest BCUT2D eigenvalue weighted by atomic mass is 10.1. The number of amides is 2. The Labute approximate surface area is 222 Å². The molecule has 7 nitrogen and oxygen atoms in total. The normalized spacial score (nSPS) is 11.6. The molecule has 8 heteroatoms. The molecular weight excluding hydrogens is 483 g/mol. The SMILES string of the molecule is COc1cc(NC(C)CCCN(Cc2ccccc2OC)C(=O)Nc2ccccc2F)c2ncccc2c1. The smallest absolute Gasteiger partial charge is 0.322 e. The van der Waals surface area contributed by atoms with E-state index >= 15 is 0 Å². The Morgan fingerprint density at radius 3 is 2.58 bits per heavy atom. The summed E-state index contributed by atoms with van der Waals surface area (Å²) in [6, 6.07) is 21.3. The molecule has 4 rings (SSSR count). The molecule has 198 valence electrons. The molecule has 0 saturated carbocycles. The van der Waals surface area contributed by atoms with Crippen LogP contribution in [-0.4, -0.2) is 42.7 Å². The van der Waals surface area contributed by atoms with Gasteiger partial charge in [-0.05, 0) is 50.1 Å². The molecule has 4 aromatic rings. The zero-order valence-corrected chi connectivity index (χ0v) is 21.9. The van der Waals surface area contributed by atoms with Crippen LogP contribution in [0.25, 0.3) is 10.9 Å². The number of benzene rings is 3. The number of anilines is 2. The van der Waals surface area contributed by atoms with E-state index in [1.807, 2.05) is 48.5 Å². The molecule has 1 aromatic heterocycles. The molecule has 3 aromatic carbocycles. The maximum atomic E-state index is 14.2. The van der Waals surface area contributed by atoms with Crippen LogP contribution in [0.1, 0.15) is 25.3 Å². The highest BCUT2D eigenvalue weighted by atomic mass is 19.1. The molecule has 0 aliphatic heterocycles. The minimum absolute atomic E-state index is 0.107. The summed E-state index contributed by atoms with van der Waals surface area (Å²) in [6.07, 6.45) is 3.29. The Bertz CT molecular complexity index is 1380.